The largest absolute Gasteiger partial charge is 0.454 e. The van der Waals surface area contributed by atoms with Gasteiger partial charge in [0.1, 0.15) is 6.61 Å². The van der Waals surface area contributed by atoms with Gasteiger partial charge in [-0.15, -0.1) is 5.92 Å². The zero-order chi connectivity index (χ0) is 12.8. The van der Waals surface area contributed by atoms with Crippen LogP contribution in [0.2, 0.25) is 0 Å². The third-order valence-corrected chi connectivity index (χ3v) is 2.77. The standard InChI is InChI=1S/C15H18O3/c1-3-4-7-16-10-12(2)8-13-5-6-14-15(9-13)18-11-17-14/h5-6,9,12H,7-8,10-11H2,1-2H3. The number of rotatable bonds is 5. The molecular weight excluding hydrogens is 228 g/mol. The van der Waals surface area contributed by atoms with E-state index in [4.69, 9.17) is 14.2 Å². The van der Waals surface area contributed by atoms with E-state index in [2.05, 4.69) is 24.8 Å². The molecule has 3 heteroatoms. The summed E-state index contributed by atoms with van der Waals surface area (Å²) in [5.41, 5.74) is 1.25. The summed E-state index contributed by atoms with van der Waals surface area (Å²) >= 11 is 0. The molecule has 0 bridgehead atoms. The van der Waals surface area contributed by atoms with E-state index in [-0.39, 0.29) is 0 Å². The molecule has 0 amide bonds. The molecule has 1 heterocycles. The van der Waals surface area contributed by atoms with Crippen molar-refractivity contribution in [2.45, 2.75) is 20.3 Å². The molecule has 0 saturated carbocycles. The highest BCUT2D eigenvalue weighted by Gasteiger charge is 2.14. The Morgan fingerprint density at radius 2 is 2.17 bits per heavy atom. The molecule has 0 spiro atoms. The van der Waals surface area contributed by atoms with Crippen LogP contribution in [0, 0.1) is 17.8 Å². The molecule has 0 radical (unpaired) electrons. The van der Waals surface area contributed by atoms with Crippen LogP contribution in [-0.4, -0.2) is 20.0 Å². The molecule has 1 aliphatic heterocycles. The number of ether oxygens (including phenoxy) is 3. The first kappa shape index (κ1) is 12.8. The van der Waals surface area contributed by atoms with Crippen LogP contribution in [0.5, 0.6) is 11.5 Å². The minimum Gasteiger partial charge on any atom is -0.454 e. The lowest BCUT2D eigenvalue weighted by Crippen LogP contribution is -2.09. The molecular formula is C15H18O3. The fourth-order valence-electron chi connectivity index (χ4n) is 1.91. The van der Waals surface area contributed by atoms with Crippen LogP contribution in [0.15, 0.2) is 18.2 Å². The van der Waals surface area contributed by atoms with E-state index in [0.717, 1.165) is 24.5 Å². The highest BCUT2D eigenvalue weighted by molar-refractivity contribution is 5.44. The van der Waals surface area contributed by atoms with Crippen molar-refractivity contribution in [3.63, 3.8) is 0 Å². The Bertz CT molecular complexity index is 457. The second-order valence-corrected chi connectivity index (χ2v) is 4.44. The summed E-state index contributed by atoms with van der Waals surface area (Å²) in [6.07, 6.45) is 0.968. The smallest absolute Gasteiger partial charge is 0.231 e. The predicted octanol–water partition coefficient (Wildman–Crippen LogP) is 2.63. The van der Waals surface area contributed by atoms with E-state index >= 15 is 0 Å². The summed E-state index contributed by atoms with van der Waals surface area (Å²) in [6.45, 7) is 5.56. The third kappa shape index (κ3) is 3.41. The molecule has 1 aromatic rings. The Balaban J connectivity index is 1.83. The lowest BCUT2D eigenvalue weighted by molar-refractivity contribution is 0.133. The minimum atomic E-state index is 0.327. The van der Waals surface area contributed by atoms with Crippen molar-refractivity contribution in [1.82, 2.24) is 0 Å². The molecule has 96 valence electrons. The number of hydrogen-bond donors (Lipinski definition) is 0. The van der Waals surface area contributed by atoms with Crippen molar-refractivity contribution >= 4 is 0 Å². The molecule has 1 aromatic carbocycles. The first-order valence-electron chi connectivity index (χ1n) is 6.15. The second-order valence-electron chi connectivity index (χ2n) is 4.44. The van der Waals surface area contributed by atoms with Gasteiger partial charge in [0, 0.05) is 0 Å². The number of hydrogen-bond acceptors (Lipinski definition) is 3. The van der Waals surface area contributed by atoms with Gasteiger partial charge in [-0.2, -0.15) is 0 Å². The van der Waals surface area contributed by atoms with Gasteiger partial charge < -0.3 is 14.2 Å². The van der Waals surface area contributed by atoms with Crippen LogP contribution in [0.1, 0.15) is 19.4 Å². The van der Waals surface area contributed by atoms with Crippen LogP contribution in [-0.2, 0) is 11.2 Å². The third-order valence-electron chi connectivity index (χ3n) is 2.77. The SMILES string of the molecule is CC#CCOCC(C)Cc1ccc2c(c1)OCO2. The van der Waals surface area contributed by atoms with E-state index in [1.165, 1.54) is 5.56 Å². The maximum absolute atomic E-state index is 5.47. The van der Waals surface area contributed by atoms with Crippen molar-refractivity contribution in [3.05, 3.63) is 23.8 Å². The zero-order valence-electron chi connectivity index (χ0n) is 10.9. The summed E-state index contributed by atoms with van der Waals surface area (Å²) in [5.74, 6) is 7.85. The van der Waals surface area contributed by atoms with Gasteiger partial charge in [0.05, 0.1) is 6.61 Å². The van der Waals surface area contributed by atoms with E-state index in [9.17, 15) is 0 Å². The van der Waals surface area contributed by atoms with Gasteiger partial charge in [0.2, 0.25) is 6.79 Å². The molecule has 18 heavy (non-hydrogen) atoms. The van der Waals surface area contributed by atoms with E-state index < -0.39 is 0 Å². The van der Waals surface area contributed by atoms with Gasteiger partial charge in [-0.05, 0) is 37.0 Å². The quantitative estimate of drug-likeness (QED) is 0.590. The van der Waals surface area contributed by atoms with Gasteiger partial charge in [0.25, 0.3) is 0 Å². The summed E-state index contributed by atoms with van der Waals surface area (Å²) in [6, 6.07) is 6.09. The van der Waals surface area contributed by atoms with Crippen molar-refractivity contribution < 1.29 is 14.2 Å². The molecule has 0 aliphatic carbocycles. The Morgan fingerprint density at radius 1 is 1.33 bits per heavy atom. The Hall–Kier alpha value is -1.66. The molecule has 1 aliphatic rings. The van der Waals surface area contributed by atoms with Crippen LogP contribution >= 0.6 is 0 Å². The van der Waals surface area contributed by atoms with Crippen molar-refractivity contribution in [3.8, 4) is 23.3 Å². The highest BCUT2D eigenvalue weighted by atomic mass is 16.7. The first-order valence-corrected chi connectivity index (χ1v) is 6.15. The van der Waals surface area contributed by atoms with Crippen LogP contribution in [0.4, 0.5) is 0 Å². The Kier molecular flexibility index (Phi) is 4.49. The maximum atomic E-state index is 5.47. The molecule has 2 rings (SSSR count). The van der Waals surface area contributed by atoms with Gasteiger partial charge in [-0.1, -0.05) is 18.9 Å². The average molecular weight is 246 g/mol. The first-order chi connectivity index (χ1) is 8.79. The topological polar surface area (TPSA) is 27.7 Å². The molecule has 0 N–H and O–H groups in total. The number of fused-ring (bicyclic) bond motifs is 1. The van der Waals surface area contributed by atoms with Crippen LogP contribution < -0.4 is 9.47 Å². The van der Waals surface area contributed by atoms with Gasteiger partial charge >= 0.3 is 0 Å². The summed E-state index contributed by atoms with van der Waals surface area (Å²) in [4.78, 5) is 0. The van der Waals surface area contributed by atoms with Crippen molar-refractivity contribution in [2.24, 2.45) is 5.92 Å². The predicted molar refractivity (Wildman–Crippen MR) is 69.7 cm³/mol. The minimum absolute atomic E-state index is 0.327. The average Bonchev–Trinajstić information content (AvgIpc) is 2.82. The summed E-state index contributed by atoms with van der Waals surface area (Å²) < 4.78 is 16.1. The van der Waals surface area contributed by atoms with Crippen molar-refractivity contribution in [1.29, 1.82) is 0 Å². The van der Waals surface area contributed by atoms with Gasteiger partial charge in [-0.3, -0.25) is 0 Å². The summed E-state index contributed by atoms with van der Waals surface area (Å²) in [5, 5.41) is 0. The van der Waals surface area contributed by atoms with Crippen LogP contribution in [0.3, 0.4) is 0 Å². The monoisotopic (exact) mass is 246 g/mol. The molecule has 0 fully saturated rings. The molecule has 1 atom stereocenters. The van der Waals surface area contributed by atoms with E-state index in [0.29, 0.717) is 19.3 Å². The molecule has 0 saturated heterocycles. The maximum Gasteiger partial charge on any atom is 0.231 e. The fraction of sp³-hybridized carbons (Fsp3) is 0.467. The highest BCUT2D eigenvalue weighted by Crippen LogP contribution is 2.33. The van der Waals surface area contributed by atoms with Crippen molar-refractivity contribution in [2.75, 3.05) is 20.0 Å². The van der Waals surface area contributed by atoms with Gasteiger partial charge in [-0.25, -0.2) is 0 Å². The van der Waals surface area contributed by atoms with Gasteiger partial charge in [0.15, 0.2) is 11.5 Å². The van der Waals surface area contributed by atoms with E-state index in [1.54, 1.807) is 0 Å². The second kappa shape index (κ2) is 6.32. The zero-order valence-corrected chi connectivity index (χ0v) is 10.9. The normalized spacial score (nSPS) is 13.9. The van der Waals surface area contributed by atoms with Crippen LogP contribution in [0.25, 0.3) is 0 Å². The molecule has 1 unspecified atom stereocenters. The lowest BCUT2D eigenvalue weighted by atomic mass is 10.0. The van der Waals surface area contributed by atoms with E-state index in [1.807, 2.05) is 19.1 Å². The Labute approximate surface area is 108 Å². The molecule has 0 aromatic heterocycles. The molecule has 3 nitrogen and oxygen atoms in total. The lowest BCUT2D eigenvalue weighted by Gasteiger charge is -2.11. The number of benzene rings is 1. The fourth-order valence-corrected chi connectivity index (χ4v) is 1.91. The summed E-state index contributed by atoms with van der Waals surface area (Å²) in [7, 11) is 0. The Morgan fingerprint density at radius 3 is 3.00 bits per heavy atom.